The molecule has 0 radical (unpaired) electrons. The van der Waals surface area contributed by atoms with Gasteiger partial charge < -0.3 is 30.5 Å². The van der Waals surface area contributed by atoms with Crippen LogP contribution in [0, 0.1) is 0 Å². The van der Waals surface area contributed by atoms with Gasteiger partial charge in [0.2, 0.25) is 0 Å². The minimum absolute atomic E-state index is 0.0170. The van der Waals surface area contributed by atoms with Gasteiger partial charge in [-0.05, 0) is 39.8 Å². The number of carbonyl (C=O) groups is 1. The van der Waals surface area contributed by atoms with E-state index in [4.69, 9.17) is 32.7 Å². The molecule has 0 saturated heterocycles. The van der Waals surface area contributed by atoms with Crippen molar-refractivity contribution < 1.29 is 19.4 Å². The molecular weight excluding hydrogens is 419 g/mol. The molecule has 1 amide bonds. The third-order valence-electron chi connectivity index (χ3n) is 3.24. The van der Waals surface area contributed by atoms with Crippen molar-refractivity contribution in [1.82, 2.24) is 16.0 Å². The van der Waals surface area contributed by atoms with Gasteiger partial charge in [-0.25, -0.2) is 4.79 Å². The molecule has 1 aromatic rings. The Morgan fingerprint density at radius 3 is 2.55 bits per heavy atom. The summed E-state index contributed by atoms with van der Waals surface area (Å²) in [4.78, 5) is 15.9. The fraction of sp³-hybridized carbons (Fsp3) is 0.579. The fourth-order valence-electron chi connectivity index (χ4n) is 2.03. The first-order valence-electron chi connectivity index (χ1n) is 9.36. The van der Waals surface area contributed by atoms with Crippen LogP contribution in [-0.2, 0) is 4.74 Å². The molecule has 4 N–H and O–H groups in total. The van der Waals surface area contributed by atoms with Gasteiger partial charge in [0.05, 0.1) is 11.6 Å². The van der Waals surface area contributed by atoms with Crippen LogP contribution in [0.4, 0.5) is 4.79 Å². The van der Waals surface area contributed by atoms with E-state index in [9.17, 15) is 9.90 Å². The molecule has 0 heterocycles. The van der Waals surface area contributed by atoms with E-state index in [1.165, 1.54) is 0 Å². The van der Waals surface area contributed by atoms with Crippen molar-refractivity contribution in [2.24, 2.45) is 4.99 Å². The zero-order valence-corrected chi connectivity index (χ0v) is 18.7. The normalized spacial score (nSPS) is 12.9. The van der Waals surface area contributed by atoms with Gasteiger partial charge in [-0.2, -0.15) is 0 Å². The first-order chi connectivity index (χ1) is 13.6. The molecule has 8 nitrogen and oxygen atoms in total. The predicted molar refractivity (Wildman–Crippen MR) is 116 cm³/mol. The molecule has 0 saturated carbocycles. The van der Waals surface area contributed by atoms with Crippen LogP contribution in [0.3, 0.4) is 0 Å². The van der Waals surface area contributed by atoms with Gasteiger partial charge in [-0.15, -0.1) is 0 Å². The molecule has 0 aromatic heterocycles. The van der Waals surface area contributed by atoms with Crippen molar-refractivity contribution in [2.75, 3.05) is 32.8 Å². The Hall–Kier alpha value is -1.90. The number of amides is 1. The minimum Gasteiger partial charge on any atom is -0.489 e. The lowest BCUT2D eigenvalue weighted by molar-refractivity contribution is 0.0529. The molecule has 0 aliphatic heterocycles. The number of nitrogens with zero attached hydrogens (tertiary/aromatic N) is 1. The van der Waals surface area contributed by atoms with Crippen LogP contribution in [0.15, 0.2) is 23.2 Å². The number of hydrogen-bond acceptors (Lipinski definition) is 5. The van der Waals surface area contributed by atoms with E-state index in [2.05, 4.69) is 20.9 Å². The largest absolute Gasteiger partial charge is 0.489 e. The van der Waals surface area contributed by atoms with Crippen LogP contribution in [0.25, 0.3) is 0 Å². The van der Waals surface area contributed by atoms with Gasteiger partial charge >= 0.3 is 6.09 Å². The van der Waals surface area contributed by atoms with Crippen LogP contribution in [-0.4, -0.2) is 61.7 Å². The second kappa shape index (κ2) is 12.6. The summed E-state index contributed by atoms with van der Waals surface area (Å²) in [6, 6.07) is 5.05. The van der Waals surface area contributed by atoms with E-state index >= 15 is 0 Å². The van der Waals surface area contributed by atoms with Gasteiger partial charge in [-0.3, -0.25) is 4.99 Å². The molecule has 1 atom stereocenters. The van der Waals surface area contributed by atoms with Gasteiger partial charge in [0, 0.05) is 19.6 Å². The van der Waals surface area contributed by atoms with Gasteiger partial charge in [0.25, 0.3) is 0 Å². The SMILES string of the molecule is CCNC(=NCC(O)COc1cccc(Cl)c1Cl)NCCNC(=O)OC(C)(C)C. The number of benzene rings is 1. The molecule has 10 heteroatoms. The fourth-order valence-corrected chi connectivity index (χ4v) is 2.38. The number of aliphatic hydroxyl groups is 1. The van der Waals surface area contributed by atoms with Crippen LogP contribution >= 0.6 is 23.2 Å². The molecule has 0 aliphatic carbocycles. The molecule has 0 bridgehead atoms. The first kappa shape index (κ1) is 25.1. The molecule has 29 heavy (non-hydrogen) atoms. The summed E-state index contributed by atoms with van der Waals surface area (Å²) in [5.74, 6) is 0.916. The Morgan fingerprint density at radius 2 is 1.90 bits per heavy atom. The lowest BCUT2D eigenvalue weighted by Gasteiger charge is -2.20. The highest BCUT2D eigenvalue weighted by atomic mass is 35.5. The Balaban J connectivity index is 2.40. The highest BCUT2D eigenvalue weighted by molar-refractivity contribution is 6.42. The average molecular weight is 449 g/mol. The predicted octanol–water partition coefficient (Wildman–Crippen LogP) is 2.81. The monoisotopic (exact) mass is 448 g/mol. The van der Waals surface area contributed by atoms with Gasteiger partial charge in [0.15, 0.2) is 5.96 Å². The Morgan fingerprint density at radius 1 is 1.21 bits per heavy atom. The van der Waals surface area contributed by atoms with Crippen molar-refractivity contribution in [3.63, 3.8) is 0 Å². The number of aliphatic imine (C=N–C) groups is 1. The number of aliphatic hydroxyl groups excluding tert-OH is 1. The van der Waals surface area contributed by atoms with Gasteiger partial charge in [-0.1, -0.05) is 29.3 Å². The lowest BCUT2D eigenvalue weighted by Crippen LogP contribution is -2.43. The number of alkyl carbamates (subject to hydrolysis) is 1. The summed E-state index contributed by atoms with van der Waals surface area (Å²) in [7, 11) is 0. The third kappa shape index (κ3) is 11.0. The standard InChI is InChI=1S/C19H30Cl2N4O4/c1-5-22-17(23-9-10-24-18(27)29-19(2,3)4)25-11-13(26)12-28-15-8-6-7-14(20)16(15)21/h6-8,13,26H,5,9-12H2,1-4H3,(H,24,27)(H2,22,23,25). The Bertz CT molecular complexity index is 681. The van der Waals surface area contributed by atoms with Crippen molar-refractivity contribution in [3.05, 3.63) is 28.2 Å². The minimum atomic E-state index is -0.833. The molecular formula is C19H30Cl2N4O4. The smallest absolute Gasteiger partial charge is 0.407 e. The summed E-state index contributed by atoms with van der Waals surface area (Å²) in [6.07, 6.45) is -1.31. The average Bonchev–Trinajstić information content (AvgIpc) is 2.62. The number of ether oxygens (including phenoxy) is 2. The quantitative estimate of drug-likeness (QED) is 0.263. The topological polar surface area (TPSA) is 104 Å². The van der Waals surface area contributed by atoms with Crippen LogP contribution in [0.2, 0.25) is 10.0 Å². The molecule has 1 unspecified atom stereocenters. The lowest BCUT2D eigenvalue weighted by atomic mass is 10.2. The molecule has 0 aliphatic rings. The second-order valence-electron chi connectivity index (χ2n) is 7.09. The molecule has 1 rings (SSSR count). The maximum Gasteiger partial charge on any atom is 0.407 e. The van der Waals surface area contributed by atoms with E-state index in [-0.39, 0.29) is 13.2 Å². The van der Waals surface area contributed by atoms with E-state index in [1.807, 2.05) is 6.92 Å². The van der Waals surface area contributed by atoms with Crippen molar-refractivity contribution in [1.29, 1.82) is 0 Å². The van der Waals surface area contributed by atoms with E-state index in [1.54, 1.807) is 39.0 Å². The number of rotatable bonds is 9. The summed E-state index contributed by atoms with van der Waals surface area (Å²) in [5, 5.41) is 19.6. The zero-order chi connectivity index (χ0) is 21.9. The van der Waals surface area contributed by atoms with Crippen LogP contribution in [0.5, 0.6) is 5.75 Å². The zero-order valence-electron chi connectivity index (χ0n) is 17.2. The second-order valence-corrected chi connectivity index (χ2v) is 7.88. The van der Waals surface area contributed by atoms with Crippen LogP contribution < -0.4 is 20.7 Å². The number of guanidine groups is 1. The van der Waals surface area contributed by atoms with Crippen LogP contribution in [0.1, 0.15) is 27.7 Å². The summed E-state index contributed by atoms with van der Waals surface area (Å²) in [5.41, 5.74) is -0.540. The van der Waals surface area contributed by atoms with E-state index in [0.29, 0.717) is 41.4 Å². The molecule has 0 spiro atoms. The third-order valence-corrected chi connectivity index (χ3v) is 4.04. The van der Waals surface area contributed by atoms with Gasteiger partial charge in [0.1, 0.15) is 29.1 Å². The summed E-state index contributed by atoms with van der Waals surface area (Å²) >= 11 is 12.0. The van der Waals surface area contributed by atoms with Crippen molar-refractivity contribution in [2.45, 2.75) is 39.4 Å². The molecule has 0 fully saturated rings. The van der Waals surface area contributed by atoms with E-state index in [0.717, 1.165) is 0 Å². The summed E-state index contributed by atoms with van der Waals surface area (Å²) in [6.45, 7) is 8.92. The highest BCUT2D eigenvalue weighted by Gasteiger charge is 2.15. The van der Waals surface area contributed by atoms with Crippen molar-refractivity contribution in [3.8, 4) is 5.75 Å². The number of halogens is 2. The first-order valence-corrected chi connectivity index (χ1v) is 10.1. The molecule has 164 valence electrons. The van der Waals surface area contributed by atoms with Crippen molar-refractivity contribution >= 4 is 35.3 Å². The Labute approximate surface area is 182 Å². The highest BCUT2D eigenvalue weighted by Crippen LogP contribution is 2.31. The number of hydrogen-bond donors (Lipinski definition) is 4. The van der Waals surface area contributed by atoms with E-state index < -0.39 is 17.8 Å². The maximum atomic E-state index is 11.6. The number of carbonyl (C=O) groups excluding carboxylic acids is 1. The Kier molecular flexibility index (Phi) is 10.9. The summed E-state index contributed by atoms with van der Waals surface area (Å²) < 4.78 is 10.7. The number of nitrogens with one attached hydrogen (secondary N) is 3. The maximum absolute atomic E-state index is 11.6. The molecule has 1 aromatic carbocycles.